The Hall–Kier alpha value is -2.41. The fraction of sp³-hybridized carbons (Fsp3) is 0. The molecule has 0 aliphatic rings. The molecular formula is C14H9BrFNO4. The summed E-state index contributed by atoms with van der Waals surface area (Å²) in [4.78, 5) is 22.8. The number of anilines is 1. The number of phenolic OH excluding ortho intramolecular Hbond substituents is 1. The maximum atomic E-state index is 13.4. The molecule has 0 heterocycles. The van der Waals surface area contributed by atoms with E-state index in [-0.39, 0.29) is 21.3 Å². The highest BCUT2D eigenvalue weighted by molar-refractivity contribution is 9.10. The molecule has 0 bridgehead atoms. The molecule has 0 aliphatic heterocycles. The van der Waals surface area contributed by atoms with Crippen molar-refractivity contribution < 1.29 is 24.2 Å². The summed E-state index contributed by atoms with van der Waals surface area (Å²) in [5, 5.41) is 20.9. The lowest BCUT2D eigenvalue weighted by molar-refractivity contribution is 0.0696. The van der Waals surface area contributed by atoms with Gasteiger partial charge in [-0.3, -0.25) is 4.79 Å². The van der Waals surface area contributed by atoms with Crippen molar-refractivity contribution in [2.75, 3.05) is 5.32 Å². The minimum atomic E-state index is -1.20. The van der Waals surface area contributed by atoms with Gasteiger partial charge in [0.1, 0.15) is 11.6 Å². The highest BCUT2D eigenvalue weighted by atomic mass is 79.9. The molecule has 0 saturated heterocycles. The van der Waals surface area contributed by atoms with Crippen molar-refractivity contribution in [1.29, 1.82) is 0 Å². The number of aromatic hydroxyl groups is 1. The second-order valence-electron chi connectivity index (χ2n) is 4.09. The standard InChI is InChI=1S/C14H9BrFNO4/c15-12-8(2-1-3-9(12)16)13(19)17-10-5-4-7(14(20)21)6-11(10)18/h1-6,18H,(H,17,19)(H,20,21). The first kappa shape index (κ1) is 15.0. The minimum absolute atomic E-state index is 0.00384. The van der Waals surface area contributed by atoms with Gasteiger partial charge in [-0.15, -0.1) is 0 Å². The van der Waals surface area contributed by atoms with E-state index in [2.05, 4.69) is 21.2 Å². The van der Waals surface area contributed by atoms with E-state index in [4.69, 9.17) is 5.11 Å². The summed E-state index contributed by atoms with van der Waals surface area (Å²) < 4.78 is 13.4. The van der Waals surface area contributed by atoms with Gasteiger partial charge < -0.3 is 15.5 Å². The largest absolute Gasteiger partial charge is 0.506 e. The van der Waals surface area contributed by atoms with Crippen LogP contribution in [-0.2, 0) is 0 Å². The van der Waals surface area contributed by atoms with Gasteiger partial charge in [-0.05, 0) is 46.3 Å². The monoisotopic (exact) mass is 353 g/mol. The fourth-order valence-electron chi connectivity index (χ4n) is 1.64. The van der Waals surface area contributed by atoms with E-state index in [0.717, 1.165) is 6.07 Å². The average molecular weight is 354 g/mol. The lowest BCUT2D eigenvalue weighted by atomic mass is 10.1. The first-order valence-corrected chi connectivity index (χ1v) is 6.51. The Bertz CT molecular complexity index is 733. The lowest BCUT2D eigenvalue weighted by Crippen LogP contribution is -2.13. The first-order valence-electron chi connectivity index (χ1n) is 5.72. The van der Waals surface area contributed by atoms with E-state index in [1.165, 1.54) is 30.3 Å². The number of rotatable bonds is 3. The van der Waals surface area contributed by atoms with Gasteiger partial charge in [-0.25, -0.2) is 9.18 Å². The first-order chi connectivity index (χ1) is 9.90. The fourth-order valence-corrected chi connectivity index (χ4v) is 2.08. The normalized spacial score (nSPS) is 10.2. The predicted molar refractivity (Wildman–Crippen MR) is 77.1 cm³/mol. The Morgan fingerprint density at radius 3 is 2.52 bits per heavy atom. The number of benzene rings is 2. The van der Waals surface area contributed by atoms with Crippen molar-refractivity contribution in [1.82, 2.24) is 0 Å². The summed E-state index contributed by atoms with van der Waals surface area (Å²) in [5.41, 5.74) is -0.0321. The number of hydrogen-bond donors (Lipinski definition) is 3. The van der Waals surface area contributed by atoms with Crippen LogP contribution in [0.25, 0.3) is 0 Å². The molecule has 3 N–H and O–H groups in total. The SMILES string of the molecule is O=C(O)c1ccc(NC(=O)c2cccc(F)c2Br)c(O)c1. The van der Waals surface area contributed by atoms with Crippen LogP contribution < -0.4 is 5.32 Å². The Balaban J connectivity index is 2.28. The van der Waals surface area contributed by atoms with Crippen LogP contribution in [0.1, 0.15) is 20.7 Å². The molecular weight excluding hydrogens is 345 g/mol. The Morgan fingerprint density at radius 1 is 1.19 bits per heavy atom. The Morgan fingerprint density at radius 2 is 1.90 bits per heavy atom. The third-order valence-corrected chi connectivity index (χ3v) is 3.50. The second-order valence-corrected chi connectivity index (χ2v) is 4.89. The van der Waals surface area contributed by atoms with E-state index in [9.17, 15) is 19.1 Å². The summed E-state index contributed by atoms with van der Waals surface area (Å²) in [6, 6.07) is 7.48. The maximum absolute atomic E-state index is 13.4. The van der Waals surface area contributed by atoms with E-state index >= 15 is 0 Å². The molecule has 0 aromatic heterocycles. The Kier molecular flexibility index (Phi) is 4.23. The molecule has 2 aromatic carbocycles. The van der Waals surface area contributed by atoms with Crippen LogP contribution in [0.2, 0.25) is 0 Å². The average Bonchev–Trinajstić information content (AvgIpc) is 2.43. The topological polar surface area (TPSA) is 86.6 Å². The van der Waals surface area contributed by atoms with Crippen LogP contribution >= 0.6 is 15.9 Å². The molecule has 0 atom stereocenters. The minimum Gasteiger partial charge on any atom is -0.506 e. The van der Waals surface area contributed by atoms with Crippen molar-refractivity contribution in [2.24, 2.45) is 0 Å². The number of phenols is 1. The predicted octanol–water partition coefficient (Wildman–Crippen LogP) is 3.24. The summed E-state index contributed by atoms with van der Waals surface area (Å²) >= 11 is 2.97. The number of carbonyl (C=O) groups is 2. The van der Waals surface area contributed by atoms with Crippen molar-refractivity contribution >= 4 is 33.5 Å². The van der Waals surface area contributed by atoms with Gasteiger partial charge in [0.15, 0.2) is 0 Å². The molecule has 0 saturated carbocycles. The summed E-state index contributed by atoms with van der Waals surface area (Å²) in [7, 11) is 0. The van der Waals surface area contributed by atoms with Crippen LogP contribution in [-0.4, -0.2) is 22.1 Å². The molecule has 2 rings (SSSR count). The molecule has 21 heavy (non-hydrogen) atoms. The van der Waals surface area contributed by atoms with Crippen molar-refractivity contribution in [3.05, 3.63) is 57.8 Å². The number of carboxylic acid groups (broad SMARTS) is 1. The van der Waals surface area contributed by atoms with Gasteiger partial charge in [-0.1, -0.05) is 6.07 Å². The molecule has 7 heteroatoms. The lowest BCUT2D eigenvalue weighted by Gasteiger charge is -2.09. The van der Waals surface area contributed by atoms with Gasteiger partial charge in [0.05, 0.1) is 21.3 Å². The van der Waals surface area contributed by atoms with E-state index in [1.807, 2.05) is 0 Å². The van der Waals surface area contributed by atoms with Gasteiger partial charge in [-0.2, -0.15) is 0 Å². The molecule has 108 valence electrons. The molecule has 0 fully saturated rings. The molecule has 0 radical (unpaired) electrons. The van der Waals surface area contributed by atoms with Crippen LogP contribution in [0.15, 0.2) is 40.9 Å². The van der Waals surface area contributed by atoms with Gasteiger partial charge in [0, 0.05) is 0 Å². The van der Waals surface area contributed by atoms with Gasteiger partial charge in [0.2, 0.25) is 0 Å². The van der Waals surface area contributed by atoms with E-state index in [0.29, 0.717) is 0 Å². The zero-order chi connectivity index (χ0) is 15.6. The zero-order valence-electron chi connectivity index (χ0n) is 10.4. The highest BCUT2D eigenvalue weighted by Crippen LogP contribution is 2.26. The van der Waals surface area contributed by atoms with Crippen LogP contribution in [0, 0.1) is 5.82 Å². The number of aromatic carboxylic acids is 1. The van der Waals surface area contributed by atoms with Crippen LogP contribution in [0.3, 0.4) is 0 Å². The van der Waals surface area contributed by atoms with Crippen LogP contribution in [0.5, 0.6) is 5.75 Å². The third-order valence-electron chi connectivity index (χ3n) is 2.69. The van der Waals surface area contributed by atoms with Crippen molar-refractivity contribution in [3.63, 3.8) is 0 Å². The Labute approximate surface area is 127 Å². The van der Waals surface area contributed by atoms with Gasteiger partial charge >= 0.3 is 5.97 Å². The number of carboxylic acids is 1. The van der Waals surface area contributed by atoms with Crippen molar-refractivity contribution in [2.45, 2.75) is 0 Å². The van der Waals surface area contributed by atoms with Gasteiger partial charge in [0.25, 0.3) is 5.91 Å². The number of hydrogen-bond acceptors (Lipinski definition) is 3. The zero-order valence-corrected chi connectivity index (χ0v) is 12.0. The molecule has 0 spiro atoms. The number of carbonyl (C=O) groups excluding carboxylic acids is 1. The second kappa shape index (κ2) is 5.92. The smallest absolute Gasteiger partial charge is 0.335 e. The van der Waals surface area contributed by atoms with Crippen LogP contribution in [0.4, 0.5) is 10.1 Å². The molecule has 0 aliphatic carbocycles. The summed E-state index contributed by atoms with van der Waals surface area (Å²) in [5.74, 6) is -2.82. The number of nitrogens with one attached hydrogen (secondary N) is 1. The number of amides is 1. The quantitative estimate of drug-likeness (QED) is 0.739. The van der Waals surface area contributed by atoms with E-state index < -0.39 is 23.4 Å². The summed E-state index contributed by atoms with van der Waals surface area (Å²) in [6.45, 7) is 0. The molecule has 0 unspecified atom stereocenters. The molecule has 5 nitrogen and oxygen atoms in total. The summed E-state index contributed by atoms with van der Waals surface area (Å²) in [6.07, 6.45) is 0. The molecule has 2 aromatic rings. The maximum Gasteiger partial charge on any atom is 0.335 e. The van der Waals surface area contributed by atoms with E-state index in [1.54, 1.807) is 0 Å². The van der Waals surface area contributed by atoms with Crippen molar-refractivity contribution in [3.8, 4) is 5.75 Å². The molecule has 1 amide bonds. The highest BCUT2D eigenvalue weighted by Gasteiger charge is 2.15. The number of halogens is 2. The third kappa shape index (κ3) is 3.19.